The second kappa shape index (κ2) is 11.4. The van der Waals surface area contributed by atoms with E-state index in [1.165, 1.54) is 22.5 Å². The molecule has 6 rings (SSSR count). The fraction of sp³-hybridized carbons (Fsp3) is 0.176. The van der Waals surface area contributed by atoms with Crippen molar-refractivity contribution in [3.63, 3.8) is 0 Å². The number of hydrogen-bond acceptors (Lipinski definition) is 5. The third-order valence-corrected chi connectivity index (χ3v) is 8.36. The van der Waals surface area contributed by atoms with Gasteiger partial charge in [-0.15, -0.1) is 0 Å². The van der Waals surface area contributed by atoms with Gasteiger partial charge in [0.2, 0.25) is 0 Å². The maximum atomic E-state index is 13.8. The van der Waals surface area contributed by atoms with Gasteiger partial charge in [0.15, 0.2) is 4.80 Å². The van der Waals surface area contributed by atoms with Gasteiger partial charge >= 0.3 is 0 Å². The zero-order chi connectivity index (χ0) is 27.5. The number of aromatic nitrogens is 1. The molecule has 4 aromatic rings. The van der Waals surface area contributed by atoms with E-state index in [-0.39, 0.29) is 11.6 Å². The lowest BCUT2D eigenvalue weighted by atomic mass is 9.84. The van der Waals surface area contributed by atoms with Crippen molar-refractivity contribution in [3.8, 4) is 11.5 Å². The molecule has 0 radical (unpaired) electrons. The van der Waals surface area contributed by atoms with Gasteiger partial charge in [-0.1, -0.05) is 78.1 Å². The van der Waals surface area contributed by atoms with Gasteiger partial charge in [0.05, 0.1) is 30.5 Å². The first-order valence-corrected chi connectivity index (χ1v) is 14.2. The lowest BCUT2D eigenvalue weighted by Crippen LogP contribution is -2.38. The number of nitrogens with zero attached hydrogens (tertiary/aromatic N) is 2. The number of benzene rings is 3. The van der Waals surface area contributed by atoms with Gasteiger partial charge in [0.1, 0.15) is 11.5 Å². The number of methoxy groups -OCH3 is 2. The van der Waals surface area contributed by atoms with Crippen LogP contribution < -0.4 is 24.4 Å². The summed E-state index contributed by atoms with van der Waals surface area (Å²) < 4.78 is 13.3. The van der Waals surface area contributed by atoms with Crippen LogP contribution in [0.3, 0.4) is 0 Å². The molecule has 2 aliphatic rings. The minimum Gasteiger partial charge on any atom is -0.497 e. The molecule has 0 saturated carbocycles. The van der Waals surface area contributed by atoms with Crippen molar-refractivity contribution in [2.24, 2.45) is 4.99 Å². The number of allylic oxidation sites excluding steroid dienone is 3. The summed E-state index contributed by atoms with van der Waals surface area (Å²) in [5.74, 6) is 1.63. The fourth-order valence-electron chi connectivity index (χ4n) is 5.37. The average Bonchev–Trinajstić information content (AvgIpc) is 3.32. The summed E-state index contributed by atoms with van der Waals surface area (Å²) >= 11 is 1.45. The molecule has 1 aromatic heterocycles. The minimum atomic E-state index is -0.211. The van der Waals surface area contributed by atoms with Crippen molar-refractivity contribution in [1.82, 2.24) is 4.57 Å². The molecule has 3 aromatic carbocycles. The number of fused-ring (bicyclic) bond motifs is 1. The molecule has 5 nitrogen and oxygen atoms in total. The Morgan fingerprint density at radius 3 is 2.27 bits per heavy atom. The van der Waals surface area contributed by atoms with Crippen molar-refractivity contribution in [1.29, 1.82) is 0 Å². The van der Waals surface area contributed by atoms with Gasteiger partial charge in [0, 0.05) is 0 Å². The molecule has 0 fully saturated rings. The van der Waals surface area contributed by atoms with E-state index in [4.69, 9.17) is 14.5 Å². The van der Waals surface area contributed by atoms with E-state index in [9.17, 15) is 4.79 Å². The molecule has 1 aliphatic carbocycles. The number of rotatable bonds is 6. The largest absolute Gasteiger partial charge is 0.497 e. The Balaban J connectivity index is 1.49. The van der Waals surface area contributed by atoms with Crippen molar-refractivity contribution in [2.45, 2.75) is 25.3 Å². The average molecular weight is 547 g/mol. The topological polar surface area (TPSA) is 52.8 Å². The Labute approximate surface area is 237 Å². The van der Waals surface area contributed by atoms with Gasteiger partial charge in [-0.25, -0.2) is 4.99 Å². The summed E-state index contributed by atoms with van der Waals surface area (Å²) in [5, 5.41) is 0. The molecule has 1 aliphatic heterocycles. The molecule has 200 valence electrons. The molecule has 6 heteroatoms. The van der Waals surface area contributed by atoms with Crippen molar-refractivity contribution < 1.29 is 9.47 Å². The maximum absolute atomic E-state index is 13.8. The van der Waals surface area contributed by atoms with Crippen LogP contribution in [0.4, 0.5) is 0 Å². The highest BCUT2D eigenvalue weighted by molar-refractivity contribution is 7.07. The Bertz CT molecular complexity index is 1790. The lowest BCUT2D eigenvalue weighted by Gasteiger charge is -2.31. The first-order chi connectivity index (χ1) is 19.6. The highest BCUT2D eigenvalue weighted by Gasteiger charge is 2.32. The number of hydrogen-bond donors (Lipinski definition) is 0. The molecule has 0 saturated heterocycles. The molecule has 1 atom stereocenters. The smallest absolute Gasteiger partial charge is 0.271 e. The zero-order valence-electron chi connectivity index (χ0n) is 22.5. The van der Waals surface area contributed by atoms with E-state index in [2.05, 4.69) is 30.3 Å². The van der Waals surface area contributed by atoms with E-state index in [0.717, 1.165) is 58.0 Å². The van der Waals surface area contributed by atoms with E-state index < -0.39 is 0 Å². The monoisotopic (exact) mass is 546 g/mol. The van der Waals surface area contributed by atoms with Crippen molar-refractivity contribution in [2.75, 3.05) is 14.2 Å². The molecule has 40 heavy (non-hydrogen) atoms. The van der Waals surface area contributed by atoms with Crippen LogP contribution in [0, 0.1) is 0 Å². The maximum Gasteiger partial charge on any atom is 0.271 e. The normalized spacial score (nSPS) is 18.0. The molecular weight excluding hydrogens is 516 g/mol. The summed E-state index contributed by atoms with van der Waals surface area (Å²) in [6, 6.07) is 26.0. The summed E-state index contributed by atoms with van der Waals surface area (Å²) in [7, 11) is 3.34. The van der Waals surface area contributed by atoms with Crippen LogP contribution >= 0.6 is 11.3 Å². The lowest BCUT2D eigenvalue weighted by molar-refractivity contribution is 0.414. The zero-order valence-corrected chi connectivity index (χ0v) is 23.4. The van der Waals surface area contributed by atoms with Crippen LogP contribution in [0.15, 0.2) is 112 Å². The fourth-order valence-corrected chi connectivity index (χ4v) is 6.32. The van der Waals surface area contributed by atoms with Crippen LogP contribution in [0.2, 0.25) is 0 Å². The first-order valence-electron chi connectivity index (χ1n) is 13.4. The van der Waals surface area contributed by atoms with Gasteiger partial charge in [-0.05, 0) is 83.5 Å². The highest BCUT2D eigenvalue weighted by Crippen LogP contribution is 2.41. The van der Waals surface area contributed by atoms with E-state index in [1.807, 2.05) is 77.4 Å². The van der Waals surface area contributed by atoms with Gasteiger partial charge in [0.25, 0.3) is 5.56 Å². The van der Waals surface area contributed by atoms with Crippen LogP contribution in [0.25, 0.3) is 18.2 Å². The third kappa shape index (κ3) is 5.10. The second-order valence-electron chi connectivity index (χ2n) is 9.82. The molecule has 2 heterocycles. The Morgan fingerprint density at radius 1 is 0.875 bits per heavy atom. The quantitative estimate of drug-likeness (QED) is 0.291. The predicted molar refractivity (Wildman–Crippen MR) is 162 cm³/mol. The number of ether oxygens (including phenoxy) is 2. The molecule has 0 amide bonds. The predicted octanol–water partition coefficient (Wildman–Crippen LogP) is 6.17. The van der Waals surface area contributed by atoms with Gasteiger partial charge < -0.3 is 9.47 Å². The SMILES string of the molecule is COc1ccc(C=C2CCCC3=C2N=c2sc(=CC=Cc4ccccc4)c(=O)n2C3c2ccc(OC)cc2)cc1. The Hall–Kier alpha value is -4.42. The van der Waals surface area contributed by atoms with Gasteiger partial charge in [-0.2, -0.15) is 0 Å². The van der Waals surface area contributed by atoms with E-state index in [0.29, 0.717) is 4.53 Å². The second-order valence-corrected chi connectivity index (χ2v) is 10.8. The van der Waals surface area contributed by atoms with Crippen LogP contribution in [0.5, 0.6) is 11.5 Å². The van der Waals surface area contributed by atoms with Crippen LogP contribution in [0.1, 0.15) is 42.0 Å². The van der Waals surface area contributed by atoms with Crippen LogP contribution in [-0.2, 0) is 0 Å². The summed E-state index contributed by atoms with van der Waals surface area (Å²) in [5.41, 5.74) is 6.64. The highest BCUT2D eigenvalue weighted by atomic mass is 32.1. The van der Waals surface area contributed by atoms with Crippen molar-refractivity contribution >= 4 is 29.6 Å². The third-order valence-electron chi connectivity index (χ3n) is 7.36. The summed E-state index contributed by atoms with van der Waals surface area (Å²) in [6.07, 6.45) is 10.9. The molecule has 0 spiro atoms. The minimum absolute atomic E-state index is 0.0138. The molecule has 0 N–H and O–H groups in total. The summed E-state index contributed by atoms with van der Waals surface area (Å²) in [4.78, 5) is 19.7. The Morgan fingerprint density at radius 2 is 1.57 bits per heavy atom. The number of thiazole rings is 1. The van der Waals surface area contributed by atoms with E-state index in [1.54, 1.807) is 14.2 Å². The van der Waals surface area contributed by atoms with Crippen molar-refractivity contribution in [3.05, 3.63) is 138 Å². The standard InChI is InChI=1S/C34H30N2O3S/c1-38-27-18-14-24(15-19-27)22-26-11-7-12-29-31(26)35-34-36(32(29)25-16-20-28(39-2)21-17-25)33(37)30(40-34)13-6-10-23-8-4-3-5-9-23/h3-6,8-10,13-22,32H,7,11-12H2,1-2H3. The van der Waals surface area contributed by atoms with E-state index >= 15 is 0 Å². The molecular formula is C34H30N2O3S. The van der Waals surface area contributed by atoms with Gasteiger partial charge in [-0.3, -0.25) is 9.36 Å². The Kier molecular flexibility index (Phi) is 7.34. The molecule has 1 unspecified atom stereocenters. The van der Waals surface area contributed by atoms with Crippen LogP contribution in [-0.4, -0.2) is 18.8 Å². The first kappa shape index (κ1) is 25.8. The summed E-state index contributed by atoms with van der Waals surface area (Å²) in [6.45, 7) is 0. The molecule has 0 bridgehead atoms.